The van der Waals surface area contributed by atoms with Gasteiger partial charge in [0.1, 0.15) is 12.6 Å². The average molecular weight is 467 g/mol. The van der Waals surface area contributed by atoms with Crippen LogP contribution in [0.3, 0.4) is 0 Å². The predicted molar refractivity (Wildman–Crippen MR) is 111 cm³/mol. The fourth-order valence-corrected chi connectivity index (χ4v) is 3.84. The Morgan fingerprint density at radius 1 is 1.38 bits per heavy atom. The van der Waals surface area contributed by atoms with Crippen LogP contribution in [-0.2, 0) is 4.79 Å². The third-order valence-electron chi connectivity index (χ3n) is 5.39. The van der Waals surface area contributed by atoms with Crippen LogP contribution in [0.1, 0.15) is 40.8 Å². The molecule has 2 atom stereocenters. The van der Waals surface area contributed by atoms with Gasteiger partial charge < -0.3 is 15.4 Å². The van der Waals surface area contributed by atoms with E-state index in [-0.39, 0.29) is 31.2 Å². The maximum Gasteiger partial charge on any atom is 0.289 e. The van der Waals surface area contributed by atoms with E-state index in [0.717, 1.165) is 0 Å². The Kier molecular flexibility index (Phi) is 5.95. The van der Waals surface area contributed by atoms with Gasteiger partial charge in [0, 0.05) is 44.9 Å². The molecule has 2 aliphatic heterocycles. The maximum absolute atomic E-state index is 13.9. The molecule has 0 aliphatic carbocycles. The second kappa shape index (κ2) is 8.55. The molecule has 0 radical (unpaired) electrons. The first-order valence-electron chi connectivity index (χ1n) is 9.96. The topological polar surface area (TPSA) is 109 Å². The molecule has 1 unspecified atom stereocenters. The van der Waals surface area contributed by atoms with E-state index in [4.69, 9.17) is 16.3 Å². The lowest BCUT2D eigenvalue weighted by molar-refractivity contribution is -0.120. The van der Waals surface area contributed by atoms with Crippen molar-refractivity contribution in [2.24, 2.45) is 0 Å². The van der Waals surface area contributed by atoms with Gasteiger partial charge in [0.2, 0.25) is 5.82 Å². The molecule has 1 fully saturated rings. The minimum Gasteiger partial charge on any atom is -0.487 e. The molecule has 4 rings (SSSR count). The number of carbonyl (C=O) groups is 2. The van der Waals surface area contributed by atoms with Gasteiger partial charge in [0.15, 0.2) is 11.6 Å². The largest absolute Gasteiger partial charge is 0.487 e. The van der Waals surface area contributed by atoms with Crippen molar-refractivity contribution in [2.45, 2.75) is 37.8 Å². The smallest absolute Gasteiger partial charge is 0.289 e. The summed E-state index contributed by atoms with van der Waals surface area (Å²) in [5.74, 6) is -3.62. The molecule has 9 nitrogen and oxygen atoms in total. The number of hydrogen-bond acceptors (Lipinski definition) is 7. The summed E-state index contributed by atoms with van der Waals surface area (Å²) in [7, 11) is 1.51. The van der Waals surface area contributed by atoms with Crippen LogP contribution in [0.4, 0.5) is 14.6 Å². The zero-order chi connectivity index (χ0) is 23.0. The van der Waals surface area contributed by atoms with Crippen LogP contribution in [-0.4, -0.2) is 58.9 Å². The zero-order valence-electron chi connectivity index (χ0n) is 17.4. The van der Waals surface area contributed by atoms with Gasteiger partial charge in [0.25, 0.3) is 17.7 Å². The molecule has 2 aliphatic rings. The van der Waals surface area contributed by atoms with Crippen molar-refractivity contribution in [1.82, 2.24) is 25.6 Å². The maximum atomic E-state index is 13.9. The highest BCUT2D eigenvalue weighted by Gasteiger charge is 2.38. The number of amides is 2. The Hall–Kier alpha value is -2.92. The highest BCUT2D eigenvalue weighted by atomic mass is 35.5. The number of hydrogen-bond donors (Lipinski definition) is 2. The van der Waals surface area contributed by atoms with Gasteiger partial charge in [-0.2, -0.15) is 0 Å². The fourth-order valence-electron chi connectivity index (χ4n) is 3.69. The second-order valence-corrected chi connectivity index (χ2v) is 8.22. The van der Waals surface area contributed by atoms with Gasteiger partial charge in [-0.1, -0.05) is 11.6 Å². The fraction of sp³-hybridized carbons (Fsp3) is 0.450. The lowest BCUT2D eigenvalue weighted by atomic mass is 9.96. The number of carbonyl (C=O) groups excluding carboxylic acids is 2. The van der Waals surface area contributed by atoms with Gasteiger partial charge in [-0.25, -0.2) is 23.7 Å². The summed E-state index contributed by atoms with van der Waals surface area (Å²) in [6, 6.07) is -0.209. The van der Waals surface area contributed by atoms with E-state index in [9.17, 15) is 18.4 Å². The Labute approximate surface area is 187 Å². The van der Waals surface area contributed by atoms with Crippen molar-refractivity contribution in [3.05, 3.63) is 40.6 Å². The van der Waals surface area contributed by atoms with Crippen molar-refractivity contribution < 1.29 is 23.1 Å². The first-order chi connectivity index (χ1) is 15.1. The van der Waals surface area contributed by atoms with Crippen LogP contribution in [0, 0.1) is 6.92 Å². The molecule has 170 valence electrons. The summed E-state index contributed by atoms with van der Waals surface area (Å²) in [5.41, 5.74) is 0.917. The number of anilines is 1. The highest BCUT2D eigenvalue weighted by molar-refractivity contribution is 6.30. The van der Waals surface area contributed by atoms with Gasteiger partial charge in [-0.3, -0.25) is 14.5 Å². The molecule has 2 aromatic heterocycles. The molecule has 2 amide bonds. The van der Waals surface area contributed by atoms with Crippen LogP contribution in [0.5, 0.6) is 5.75 Å². The van der Waals surface area contributed by atoms with Gasteiger partial charge in [-0.15, -0.1) is 0 Å². The molecule has 4 heterocycles. The van der Waals surface area contributed by atoms with E-state index in [2.05, 4.69) is 25.6 Å². The van der Waals surface area contributed by atoms with Crippen LogP contribution in [0.2, 0.25) is 5.02 Å². The summed E-state index contributed by atoms with van der Waals surface area (Å²) in [6.07, 6.45) is 2.13. The van der Waals surface area contributed by atoms with E-state index >= 15 is 0 Å². The molecule has 0 spiro atoms. The molecular weight excluding hydrogens is 446 g/mol. The van der Waals surface area contributed by atoms with E-state index in [1.165, 1.54) is 30.4 Å². The van der Waals surface area contributed by atoms with Gasteiger partial charge in [0.05, 0.1) is 16.8 Å². The van der Waals surface area contributed by atoms with Crippen molar-refractivity contribution in [3.8, 4) is 5.75 Å². The number of rotatable bonds is 3. The van der Waals surface area contributed by atoms with Crippen molar-refractivity contribution in [1.29, 1.82) is 0 Å². The number of nitrogens with one attached hydrogen (secondary N) is 2. The van der Waals surface area contributed by atoms with Gasteiger partial charge >= 0.3 is 0 Å². The molecule has 0 bridgehead atoms. The number of fused-ring (bicyclic) bond motifs is 1. The Morgan fingerprint density at radius 2 is 2.16 bits per heavy atom. The van der Waals surface area contributed by atoms with E-state index in [1.807, 2.05) is 0 Å². The standard InChI is InChI=1S/C20H21ClF2N6O3/c1-10-7-25-16(28-15(10)12-6-20(22,23)3-4-24-12)18(30)27-13-9-32-14-5-11(21)8-26-17(14)29(2)19(13)31/h5,7-8,12-13,24H,3-4,6,9H2,1-2H3,(H,27,30)/t12?,13-/m0/s1. The summed E-state index contributed by atoms with van der Waals surface area (Å²) in [5, 5.41) is 5.92. The van der Waals surface area contributed by atoms with E-state index in [1.54, 1.807) is 6.92 Å². The molecule has 32 heavy (non-hydrogen) atoms. The highest BCUT2D eigenvalue weighted by Crippen LogP contribution is 2.35. The van der Waals surface area contributed by atoms with Crippen LogP contribution in [0.15, 0.2) is 18.5 Å². The average Bonchev–Trinajstić information content (AvgIpc) is 2.85. The van der Waals surface area contributed by atoms with Crippen molar-refractivity contribution in [3.63, 3.8) is 0 Å². The monoisotopic (exact) mass is 466 g/mol. The molecule has 12 heteroatoms. The number of aromatic nitrogens is 3. The summed E-state index contributed by atoms with van der Waals surface area (Å²) >= 11 is 5.94. The number of pyridine rings is 1. The SMILES string of the molecule is Cc1cnc(C(=O)N[C@H]2COc3cc(Cl)cnc3N(C)C2=O)nc1C1CC(F)(F)CCN1. The quantitative estimate of drug-likeness (QED) is 0.712. The Balaban J connectivity index is 1.52. The normalized spacial score (nSPS) is 22.5. The first kappa shape index (κ1) is 22.3. The minimum absolute atomic E-state index is 0.140. The number of nitrogens with zero attached hydrogens (tertiary/aromatic N) is 4. The Bertz CT molecular complexity index is 1070. The number of halogens is 3. The third kappa shape index (κ3) is 4.49. The number of likely N-dealkylation sites (N-methyl/N-ethyl adjacent to an activating group) is 1. The molecule has 2 aromatic rings. The zero-order valence-corrected chi connectivity index (χ0v) is 18.1. The number of ether oxygens (including phenoxy) is 1. The van der Waals surface area contributed by atoms with Crippen LogP contribution in [0.25, 0.3) is 0 Å². The molecule has 0 saturated carbocycles. The summed E-state index contributed by atoms with van der Waals surface area (Å²) in [4.78, 5) is 39.3. The number of aryl methyl sites for hydroxylation is 1. The van der Waals surface area contributed by atoms with Crippen molar-refractivity contribution >= 4 is 29.2 Å². The number of alkyl halides is 2. The van der Waals surface area contributed by atoms with E-state index < -0.39 is 36.2 Å². The second-order valence-electron chi connectivity index (χ2n) is 7.79. The number of piperidine rings is 1. The van der Waals surface area contributed by atoms with Gasteiger partial charge in [-0.05, 0) is 12.5 Å². The lowest BCUT2D eigenvalue weighted by Crippen LogP contribution is -2.49. The van der Waals surface area contributed by atoms with Crippen LogP contribution >= 0.6 is 11.6 Å². The predicted octanol–water partition coefficient (Wildman–Crippen LogP) is 2.05. The van der Waals surface area contributed by atoms with E-state index in [0.29, 0.717) is 22.0 Å². The molecule has 0 aromatic carbocycles. The van der Waals surface area contributed by atoms with Crippen LogP contribution < -0.4 is 20.3 Å². The Morgan fingerprint density at radius 3 is 2.91 bits per heavy atom. The summed E-state index contributed by atoms with van der Waals surface area (Å²) in [6.45, 7) is 1.68. The third-order valence-corrected chi connectivity index (χ3v) is 5.59. The molecular formula is C20H21ClF2N6O3. The molecule has 1 saturated heterocycles. The molecule has 2 N–H and O–H groups in total. The minimum atomic E-state index is -2.81. The lowest BCUT2D eigenvalue weighted by Gasteiger charge is -2.30. The first-order valence-corrected chi connectivity index (χ1v) is 10.3. The summed E-state index contributed by atoms with van der Waals surface area (Å²) < 4.78 is 33.3. The van der Waals surface area contributed by atoms with Crippen molar-refractivity contribution in [2.75, 3.05) is 25.1 Å².